The molecule has 2 aromatic rings. The first-order valence-electron chi connectivity index (χ1n) is 7.07. The molecule has 0 saturated heterocycles. The standard InChI is InChI=1S/C17H17BrFNO/c1-11-2-3-12(10-20-14-5-6-14)8-17(11)21-16-7-4-13(19)9-15(16)18/h2-4,7-9,14,20H,5-6,10H2,1H3. The van der Waals surface area contributed by atoms with Crippen molar-refractivity contribution in [2.45, 2.75) is 32.4 Å². The normalized spacial score (nSPS) is 14.2. The van der Waals surface area contributed by atoms with E-state index >= 15 is 0 Å². The molecule has 0 aliphatic heterocycles. The Bertz CT molecular complexity index is 655. The minimum atomic E-state index is -0.284. The van der Waals surface area contributed by atoms with Gasteiger partial charge in [0.05, 0.1) is 4.47 Å². The summed E-state index contributed by atoms with van der Waals surface area (Å²) in [5.41, 5.74) is 2.25. The van der Waals surface area contributed by atoms with Gasteiger partial charge in [0.25, 0.3) is 0 Å². The van der Waals surface area contributed by atoms with Crippen molar-refractivity contribution in [2.24, 2.45) is 0 Å². The van der Waals surface area contributed by atoms with Crippen molar-refractivity contribution >= 4 is 15.9 Å². The Balaban J connectivity index is 1.77. The zero-order valence-corrected chi connectivity index (χ0v) is 13.4. The molecule has 2 nitrogen and oxygen atoms in total. The summed E-state index contributed by atoms with van der Waals surface area (Å²) in [6.07, 6.45) is 2.55. The zero-order valence-electron chi connectivity index (χ0n) is 11.8. The maximum Gasteiger partial charge on any atom is 0.141 e. The first kappa shape index (κ1) is 14.5. The fraction of sp³-hybridized carbons (Fsp3) is 0.294. The van der Waals surface area contributed by atoms with Crippen molar-refractivity contribution in [1.82, 2.24) is 5.32 Å². The first-order chi connectivity index (χ1) is 10.1. The SMILES string of the molecule is Cc1ccc(CNC2CC2)cc1Oc1ccc(F)cc1Br. The molecule has 0 amide bonds. The Morgan fingerprint density at radius 3 is 2.71 bits per heavy atom. The van der Waals surface area contributed by atoms with Crippen LogP contribution in [0.4, 0.5) is 4.39 Å². The molecule has 1 aliphatic rings. The lowest BCUT2D eigenvalue weighted by Crippen LogP contribution is -2.15. The number of hydrogen-bond acceptors (Lipinski definition) is 2. The van der Waals surface area contributed by atoms with Crippen LogP contribution in [0.5, 0.6) is 11.5 Å². The predicted octanol–water partition coefficient (Wildman–Crippen LogP) is 4.94. The van der Waals surface area contributed by atoms with Crippen molar-refractivity contribution in [1.29, 1.82) is 0 Å². The molecule has 0 atom stereocenters. The lowest BCUT2D eigenvalue weighted by atomic mass is 10.1. The minimum Gasteiger partial charge on any atom is -0.456 e. The van der Waals surface area contributed by atoms with Gasteiger partial charge in [-0.05, 0) is 71.1 Å². The van der Waals surface area contributed by atoms with E-state index in [9.17, 15) is 4.39 Å². The molecule has 1 N–H and O–H groups in total. The van der Waals surface area contributed by atoms with Crippen LogP contribution in [-0.2, 0) is 6.54 Å². The molecule has 0 unspecified atom stereocenters. The summed E-state index contributed by atoms with van der Waals surface area (Å²) in [5.74, 6) is 1.14. The van der Waals surface area contributed by atoms with E-state index in [1.165, 1.54) is 30.5 Å². The van der Waals surface area contributed by atoms with Gasteiger partial charge >= 0.3 is 0 Å². The highest BCUT2D eigenvalue weighted by atomic mass is 79.9. The Morgan fingerprint density at radius 1 is 1.19 bits per heavy atom. The Labute approximate surface area is 132 Å². The molecule has 0 heterocycles. The number of halogens is 2. The number of aryl methyl sites for hydroxylation is 1. The molecule has 0 spiro atoms. The monoisotopic (exact) mass is 349 g/mol. The van der Waals surface area contributed by atoms with Gasteiger partial charge in [0, 0.05) is 12.6 Å². The Hall–Kier alpha value is -1.39. The van der Waals surface area contributed by atoms with Gasteiger partial charge < -0.3 is 10.1 Å². The summed E-state index contributed by atoms with van der Waals surface area (Å²) in [6, 6.07) is 11.3. The highest BCUT2D eigenvalue weighted by Crippen LogP contribution is 2.32. The number of ether oxygens (including phenoxy) is 1. The van der Waals surface area contributed by atoms with Crippen LogP contribution >= 0.6 is 15.9 Å². The van der Waals surface area contributed by atoms with Crippen molar-refractivity contribution < 1.29 is 9.13 Å². The van der Waals surface area contributed by atoms with E-state index in [-0.39, 0.29) is 5.82 Å². The lowest BCUT2D eigenvalue weighted by Gasteiger charge is -2.12. The summed E-state index contributed by atoms with van der Waals surface area (Å²) in [7, 11) is 0. The molecule has 0 radical (unpaired) electrons. The van der Waals surface area contributed by atoms with Gasteiger partial charge in [0.1, 0.15) is 17.3 Å². The van der Waals surface area contributed by atoms with Gasteiger partial charge in [0.2, 0.25) is 0 Å². The highest BCUT2D eigenvalue weighted by molar-refractivity contribution is 9.10. The van der Waals surface area contributed by atoms with Gasteiger partial charge in [0.15, 0.2) is 0 Å². The van der Waals surface area contributed by atoms with E-state index in [1.807, 2.05) is 13.0 Å². The smallest absolute Gasteiger partial charge is 0.141 e. The second-order valence-corrected chi connectivity index (χ2v) is 6.29. The number of benzene rings is 2. The van der Waals surface area contributed by atoms with Crippen molar-refractivity contribution in [3.63, 3.8) is 0 Å². The van der Waals surface area contributed by atoms with Crippen LogP contribution in [0, 0.1) is 12.7 Å². The van der Waals surface area contributed by atoms with Gasteiger partial charge in [-0.2, -0.15) is 0 Å². The number of nitrogens with one attached hydrogen (secondary N) is 1. The Kier molecular flexibility index (Phi) is 4.27. The van der Waals surface area contributed by atoms with Crippen LogP contribution in [0.15, 0.2) is 40.9 Å². The van der Waals surface area contributed by atoms with Crippen LogP contribution in [0.25, 0.3) is 0 Å². The lowest BCUT2D eigenvalue weighted by molar-refractivity contribution is 0.472. The molecule has 2 aromatic carbocycles. The Morgan fingerprint density at radius 2 is 2.00 bits per heavy atom. The van der Waals surface area contributed by atoms with E-state index in [4.69, 9.17) is 4.74 Å². The van der Waals surface area contributed by atoms with E-state index in [1.54, 1.807) is 6.07 Å². The van der Waals surface area contributed by atoms with Crippen LogP contribution in [-0.4, -0.2) is 6.04 Å². The molecular formula is C17H17BrFNO. The molecule has 1 fully saturated rings. The largest absolute Gasteiger partial charge is 0.456 e. The van der Waals surface area contributed by atoms with E-state index < -0.39 is 0 Å². The molecule has 21 heavy (non-hydrogen) atoms. The molecule has 1 aliphatic carbocycles. The van der Waals surface area contributed by atoms with Crippen molar-refractivity contribution in [3.8, 4) is 11.5 Å². The fourth-order valence-electron chi connectivity index (χ4n) is 2.09. The summed E-state index contributed by atoms with van der Waals surface area (Å²) in [6.45, 7) is 2.86. The molecule has 3 rings (SSSR count). The maximum atomic E-state index is 13.1. The molecule has 110 valence electrons. The minimum absolute atomic E-state index is 0.284. The van der Waals surface area contributed by atoms with E-state index in [0.29, 0.717) is 16.3 Å². The second-order valence-electron chi connectivity index (χ2n) is 5.43. The molecular weight excluding hydrogens is 333 g/mol. The third-order valence-electron chi connectivity index (χ3n) is 3.54. The molecule has 0 aromatic heterocycles. The summed E-state index contributed by atoms with van der Waals surface area (Å²) in [5, 5.41) is 3.49. The average molecular weight is 350 g/mol. The van der Waals surface area contributed by atoms with Crippen molar-refractivity contribution in [3.05, 3.63) is 57.8 Å². The maximum absolute atomic E-state index is 13.1. The summed E-state index contributed by atoms with van der Waals surface area (Å²) in [4.78, 5) is 0. The van der Waals surface area contributed by atoms with E-state index in [0.717, 1.165) is 17.9 Å². The topological polar surface area (TPSA) is 21.3 Å². The molecule has 0 bridgehead atoms. The van der Waals surface area contributed by atoms with Crippen LogP contribution in [0.2, 0.25) is 0 Å². The van der Waals surface area contributed by atoms with Crippen molar-refractivity contribution in [2.75, 3.05) is 0 Å². The zero-order chi connectivity index (χ0) is 14.8. The number of rotatable bonds is 5. The van der Waals surface area contributed by atoms with Gasteiger partial charge in [-0.1, -0.05) is 12.1 Å². The molecule has 1 saturated carbocycles. The average Bonchev–Trinajstić information content (AvgIpc) is 3.27. The predicted molar refractivity (Wildman–Crippen MR) is 85.2 cm³/mol. The van der Waals surface area contributed by atoms with Crippen LogP contribution in [0.1, 0.15) is 24.0 Å². The first-order valence-corrected chi connectivity index (χ1v) is 7.87. The molecule has 4 heteroatoms. The third-order valence-corrected chi connectivity index (χ3v) is 4.16. The fourth-order valence-corrected chi connectivity index (χ4v) is 2.52. The summed E-state index contributed by atoms with van der Waals surface area (Å²) >= 11 is 3.33. The quantitative estimate of drug-likeness (QED) is 0.825. The second kappa shape index (κ2) is 6.16. The summed E-state index contributed by atoms with van der Waals surface area (Å²) < 4.78 is 19.6. The third kappa shape index (κ3) is 3.83. The number of hydrogen-bond donors (Lipinski definition) is 1. The highest BCUT2D eigenvalue weighted by Gasteiger charge is 2.20. The van der Waals surface area contributed by atoms with Gasteiger partial charge in [-0.25, -0.2) is 4.39 Å². The van der Waals surface area contributed by atoms with Gasteiger partial charge in [-0.15, -0.1) is 0 Å². The van der Waals surface area contributed by atoms with E-state index in [2.05, 4.69) is 33.4 Å². The van der Waals surface area contributed by atoms with Crippen LogP contribution in [0.3, 0.4) is 0 Å². The van der Waals surface area contributed by atoms with Crippen LogP contribution < -0.4 is 10.1 Å². The van der Waals surface area contributed by atoms with Gasteiger partial charge in [-0.3, -0.25) is 0 Å².